The maximum atomic E-state index is 13.3. The maximum absolute atomic E-state index is 13.3. The number of hydrogen-bond acceptors (Lipinski definition) is 4. The van der Waals surface area contributed by atoms with E-state index in [1.807, 2.05) is 31.2 Å². The van der Waals surface area contributed by atoms with E-state index in [0.29, 0.717) is 17.1 Å². The van der Waals surface area contributed by atoms with Crippen molar-refractivity contribution in [2.75, 3.05) is 10.6 Å². The van der Waals surface area contributed by atoms with Gasteiger partial charge in [-0.1, -0.05) is 18.2 Å². The van der Waals surface area contributed by atoms with Gasteiger partial charge >= 0.3 is 0 Å². The number of nitrogens with one attached hydrogen (secondary N) is 2. The highest BCUT2D eigenvalue weighted by atomic mass is 19.1. The fourth-order valence-corrected chi connectivity index (χ4v) is 2.35. The van der Waals surface area contributed by atoms with E-state index < -0.39 is 0 Å². The molecule has 0 fully saturated rings. The summed E-state index contributed by atoms with van der Waals surface area (Å²) in [7, 11) is 0. The van der Waals surface area contributed by atoms with E-state index in [4.69, 9.17) is 0 Å². The van der Waals surface area contributed by atoms with Gasteiger partial charge in [-0.15, -0.1) is 0 Å². The molecular weight excluding hydrogens is 319 g/mol. The molecule has 0 bridgehead atoms. The molecule has 25 heavy (non-hydrogen) atoms. The highest BCUT2D eigenvalue weighted by Gasteiger charge is 2.11. The summed E-state index contributed by atoms with van der Waals surface area (Å²) in [4.78, 5) is 20.9. The second-order valence-corrected chi connectivity index (χ2v) is 5.68. The summed E-state index contributed by atoms with van der Waals surface area (Å²) in [5.41, 5.74) is 3.11. The van der Waals surface area contributed by atoms with Gasteiger partial charge in [-0.2, -0.15) is 0 Å². The molecule has 3 rings (SSSR count). The number of anilines is 3. The lowest BCUT2D eigenvalue weighted by molar-refractivity contribution is 0.102. The largest absolute Gasteiger partial charge is 0.324 e. The van der Waals surface area contributed by atoms with Crippen LogP contribution in [0.15, 0.2) is 54.6 Å². The fraction of sp³-hybridized carbons (Fsp3) is 0.105. The SMILES string of the molecule is Cc1cccc(NC(=O)c2cc(C)nc(Nc3cccc(F)c3)n2)c1. The average molecular weight is 336 g/mol. The first-order valence-electron chi connectivity index (χ1n) is 7.76. The number of carbonyl (C=O) groups is 1. The Morgan fingerprint density at radius 3 is 2.48 bits per heavy atom. The summed E-state index contributed by atoms with van der Waals surface area (Å²) in [6.07, 6.45) is 0. The molecule has 6 heteroatoms. The van der Waals surface area contributed by atoms with E-state index in [0.717, 1.165) is 5.56 Å². The number of carbonyl (C=O) groups excluding carboxylic acids is 1. The second kappa shape index (κ2) is 7.09. The Morgan fingerprint density at radius 1 is 0.960 bits per heavy atom. The molecule has 1 heterocycles. The molecular formula is C19H17FN4O. The Balaban J connectivity index is 1.82. The third-order valence-corrected chi connectivity index (χ3v) is 3.44. The first-order chi connectivity index (χ1) is 12.0. The zero-order valence-electron chi connectivity index (χ0n) is 13.9. The van der Waals surface area contributed by atoms with Crippen LogP contribution in [0.4, 0.5) is 21.7 Å². The lowest BCUT2D eigenvalue weighted by atomic mass is 10.2. The van der Waals surface area contributed by atoms with E-state index in [-0.39, 0.29) is 23.4 Å². The van der Waals surface area contributed by atoms with Crippen molar-refractivity contribution >= 4 is 23.2 Å². The van der Waals surface area contributed by atoms with Crippen LogP contribution in [-0.4, -0.2) is 15.9 Å². The number of benzene rings is 2. The van der Waals surface area contributed by atoms with Crippen molar-refractivity contribution in [2.24, 2.45) is 0 Å². The Morgan fingerprint density at radius 2 is 1.72 bits per heavy atom. The summed E-state index contributed by atoms with van der Waals surface area (Å²) in [6.45, 7) is 3.72. The van der Waals surface area contributed by atoms with Crippen molar-refractivity contribution in [3.63, 3.8) is 0 Å². The van der Waals surface area contributed by atoms with Crippen molar-refractivity contribution in [1.29, 1.82) is 0 Å². The summed E-state index contributed by atoms with van der Waals surface area (Å²) < 4.78 is 13.3. The minimum atomic E-state index is -0.366. The zero-order valence-corrected chi connectivity index (χ0v) is 13.9. The maximum Gasteiger partial charge on any atom is 0.274 e. The molecule has 2 aromatic carbocycles. The number of aromatic nitrogens is 2. The molecule has 0 radical (unpaired) electrons. The quantitative estimate of drug-likeness (QED) is 0.748. The van der Waals surface area contributed by atoms with E-state index in [9.17, 15) is 9.18 Å². The number of nitrogens with zero attached hydrogens (tertiary/aromatic N) is 2. The highest BCUT2D eigenvalue weighted by Crippen LogP contribution is 2.16. The number of halogens is 1. The van der Waals surface area contributed by atoms with Gasteiger partial charge in [0.15, 0.2) is 0 Å². The third kappa shape index (κ3) is 4.38. The predicted octanol–water partition coefficient (Wildman–Crippen LogP) is 4.23. The lowest BCUT2D eigenvalue weighted by Gasteiger charge is -2.09. The molecule has 0 aliphatic heterocycles. The predicted molar refractivity (Wildman–Crippen MR) is 95.6 cm³/mol. The topological polar surface area (TPSA) is 66.9 Å². The van der Waals surface area contributed by atoms with Crippen LogP contribution in [0.1, 0.15) is 21.7 Å². The minimum absolute atomic E-state index is 0.230. The van der Waals surface area contributed by atoms with Gasteiger partial charge in [0.1, 0.15) is 11.5 Å². The molecule has 0 atom stereocenters. The van der Waals surface area contributed by atoms with Crippen molar-refractivity contribution in [2.45, 2.75) is 13.8 Å². The monoisotopic (exact) mass is 336 g/mol. The standard InChI is InChI=1S/C19H17FN4O/c1-12-5-3-7-15(9-12)22-18(25)17-10-13(2)21-19(24-17)23-16-8-4-6-14(20)11-16/h3-11H,1-2H3,(H,22,25)(H,21,23,24). The zero-order chi connectivity index (χ0) is 17.8. The molecule has 0 saturated carbocycles. The van der Waals surface area contributed by atoms with E-state index in [1.54, 1.807) is 25.1 Å². The summed E-state index contributed by atoms with van der Waals surface area (Å²) in [5, 5.41) is 5.72. The van der Waals surface area contributed by atoms with Crippen LogP contribution in [0.2, 0.25) is 0 Å². The molecule has 0 aliphatic rings. The van der Waals surface area contributed by atoms with Gasteiger partial charge < -0.3 is 10.6 Å². The smallest absolute Gasteiger partial charge is 0.274 e. The number of hydrogen-bond donors (Lipinski definition) is 2. The average Bonchev–Trinajstić information content (AvgIpc) is 2.54. The lowest BCUT2D eigenvalue weighted by Crippen LogP contribution is -2.15. The van der Waals surface area contributed by atoms with Gasteiger partial charge in [0.25, 0.3) is 5.91 Å². The molecule has 2 N–H and O–H groups in total. The van der Waals surface area contributed by atoms with Crippen LogP contribution >= 0.6 is 0 Å². The van der Waals surface area contributed by atoms with Crippen LogP contribution in [-0.2, 0) is 0 Å². The van der Waals surface area contributed by atoms with Gasteiger partial charge in [0.2, 0.25) is 5.95 Å². The Labute approximate surface area is 145 Å². The Kier molecular flexibility index (Phi) is 4.70. The molecule has 3 aromatic rings. The number of rotatable bonds is 4. The molecule has 126 valence electrons. The van der Waals surface area contributed by atoms with Gasteiger partial charge in [0.05, 0.1) is 0 Å². The first kappa shape index (κ1) is 16.6. The summed E-state index contributed by atoms with van der Waals surface area (Å²) in [5.74, 6) is -0.464. The molecule has 0 spiro atoms. The molecule has 1 amide bonds. The van der Waals surface area contributed by atoms with E-state index >= 15 is 0 Å². The minimum Gasteiger partial charge on any atom is -0.324 e. The summed E-state index contributed by atoms with van der Waals surface area (Å²) >= 11 is 0. The second-order valence-electron chi connectivity index (χ2n) is 5.68. The highest BCUT2D eigenvalue weighted by molar-refractivity contribution is 6.03. The molecule has 1 aromatic heterocycles. The van der Waals surface area contributed by atoms with Crippen molar-refractivity contribution in [3.05, 3.63) is 77.4 Å². The Bertz CT molecular complexity index is 927. The molecule has 5 nitrogen and oxygen atoms in total. The van der Waals surface area contributed by atoms with Crippen LogP contribution in [0.5, 0.6) is 0 Å². The fourth-order valence-electron chi connectivity index (χ4n) is 2.35. The van der Waals surface area contributed by atoms with Crippen LogP contribution in [0, 0.1) is 19.7 Å². The van der Waals surface area contributed by atoms with Gasteiger partial charge in [-0.05, 0) is 55.8 Å². The van der Waals surface area contributed by atoms with E-state index in [2.05, 4.69) is 20.6 Å². The molecule has 0 saturated heterocycles. The van der Waals surface area contributed by atoms with Crippen LogP contribution < -0.4 is 10.6 Å². The van der Waals surface area contributed by atoms with Gasteiger partial charge in [-0.25, -0.2) is 14.4 Å². The van der Waals surface area contributed by atoms with E-state index in [1.165, 1.54) is 12.1 Å². The normalized spacial score (nSPS) is 10.4. The molecule has 0 unspecified atom stereocenters. The van der Waals surface area contributed by atoms with Crippen molar-refractivity contribution in [3.8, 4) is 0 Å². The first-order valence-corrected chi connectivity index (χ1v) is 7.76. The van der Waals surface area contributed by atoms with Crippen LogP contribution in [0.3, 0.4) is 0 Å². The van der Waals surface area contributed by atoms with Crippen LogP contribution in [0.25, 0.3) is 0 Å². The third-order valence-electron chi connectivity index (χ3n) is 3.44. The molecule has 0 aliphatic carbocycles. The van der Waals surface area contributed by atoms with Crippen molar-refractivity contribution < 1.29 is 9.18 Å². The van der Waals surface area contributed by atoms with Crippen molar-refractivity contribution in [1.82, 2.24) is 9.97 Å². The number of aryl methyl sites for hydroxylation is 2. The summed E-state index contributed by atoms with van der Waals surface area (Å²) in [6, 6.07) is 15.1. The van der Waals surface area contributed by atoms with Gasteiger partial charge in [0, 0.05) is 17.1 Å². The van der Waals surface area contributed by atoms with Gasteiger partial charge in [-0.3, -0.25) is 4.79 Å². The Hall–Kier alpha value is -3.28. The number of amides is 1.